The number of aromatic nitrogens is 4. The summed E-state index contributed by atoms with van der Waals surface area (Å²) < 4.78 is 0. The number of H-pyrrole nitrogens is 1. The Kier molecular flexibility index (Phi) is 5.10. The summed E-state index contributed by atoms with van der Waals surface area (Å²) in [6.45, 7) is 5.53. The van der Waals surface area contributed by atoms with Crippen molar-refractivity contribution in [2.45, 2.75) is 25.2 Å². The van der Waals surface area contributed by atoms with E-state index in [1.54, 1.807) is 12.4 Å². The lowest BCUT2D eigenvalue weighted by molar-refractivity contribution is 0.0946. The third-order valence-corrected chi connectivity index (χ3v) is 4.99. The van der Waals surface area contributed by atoms with Crippen LogP contribution in [0.4, 0.5) is 5.95 Å². The third kappa shape index (κ3) is 4.19. The molecule has 0 spiro atoms. The van der Waals surface area contributed by atoms with E-state index in [0.717, 1.165) is 50.8 Å². The highest BCUT2D eigenvalue weighted by atomic mass is 16.1. The molecule has 0 aromatic carbocycles. The van der Waals surface area contributed by atoms with E-state index in [1.165, 1.54) is 12.8 Å². The number of carbonyl (C=O) groups is 1. The van der Waals surface area contributed by atoms with Crippen LogP contribution in [0.2, 0.25) is 0 Å². The summed E-state index contributed by atoms with van der Waals surface area (Å²) in [6.07, 6.45) is 6.90. The number of hydrogen-bond donors (Lipinski definition) is 2. The van der Waals surface area contributed by atoms with E-state index in [9.17, 15) is 4.79 Å². The van der Waals surface area contributed by atoms with Gasteiger partial charge < -0.3 is 10.2 Å². The molecule has 1 saturated heterocycles. The molecule has 1 saturated carbocycles. The van der Waals surface area contributed by atoms with Crippen LogP contribution in [0, 0.1) is 0 Å². The van der Waals surface area contributed by atoms with Gasteiger partial charge >= 0.3 is 0 Å². The Morgan fingerprint density at radius 2 is 1.96 bits per heavy atom. The van der Waals surface area contributed by atoms with Crippen LogP contribution in [0.15, 0.2) is 24.5 Å². The lowest BCUT2D eigenvalue weighted by atomic mass is 10.2. The van der Waals surface area contributed by atoms with Crippen molar-refractivity contribution in [3.8, 4) is 0 Å². The number of hydrogen-bond acceptors (Lipinski definition) is 6. The van der Waals surface area contributed by atoms with Gasteiger partial charge in [-0.25, -0.2) is 9.97 Å². The van der Waals surface area contributed by atoms with E-state index in [-0.39, 0.29) is 5.91 Å². The summed E-state index contributed by atoms with van der Waals surface area (Å²) >= 11 is 0. The molecule has 1 aliphatic carbocycles. The molecule has 26 heavy (non-hydrogen) atoms. The molecule has 2 aromatic rings. The molecule has 3 heterocycles. The van der Waals surface area contributed by atoms with Gasteiger partial charge in [-0.05, 0) is 37.9 Å². The average molecular weight is 355 g/mol. The molecule has 0 unspecified atom stereocenters. The van der Waals surface area contributed by atoms with Crippen LogP contribution in [0.1, 0.15) is 41.4 Å². The van der Waals surface area contributed by atoms with Crippen molar-refractivity contribution >= 4 is 11.9 Å². The lowest BCUT2D eigenvalue weighted by Crippen LogP contribution is -2.47. The van der Waals surface area contributed by atoms with Gasteiger partial charge in [0.25, 0.3) is 5.91 Å². The highest BCUT2D eigenvalue weighted by molar-refractivity contribution is 5.92. The van der Waals surface area contributed by atoms with Crippen LogP contribution in [0.3, 0.4) is 0 Å². The number of rotatable bonds is 7. The molecule has 8 heteroatoms. The topological polar surface area (TPSA) is 90.0 Å². The van der Waals surface area contributed by atoms with Crippen LogP contribution < -0.4 is 10.2 Å². The van der Waals surface area contributed by atoms with E-state index in [4.69, 9.17) is 0 Å². The number of carbonyl (C=O) groups excluding carboxylic acids is 1. The Balaban J connectivity index is 1.13. The minimum atomic E-state index is -0.0841. The average Bonchev–Trinajstić information content (AvgIpc) is 3.43. The largest absolute Gasteiger partial charge is 0.351 e. The molecule has 0 atom stereocenters. The smallest absolute Gasteiger partial charge is 0.271 e. The first-order valence-corrected chi connectivity index (χ1v) is 9.37. The molecule has 8 nitrogen and oxygen atoms in total. The van der Waals surface area contributed by atoms with Gasteiger partial charge in [-0.1, -0.05) is 0 Å². The van der Waals surface area contributed by atoms with Crippen LogP contribution in [0.25, 0.3) is 0 Å². The second-order valence-corrected chi connectivity index (χ2v) is 6.97. The number of piperazine rings is 1. The van der Waals surface area contributed by atoms with Crippen molar-refractivity contribution in [1.82, 2.24) is 30.4 Å². The molecule has 2 N–H and O–H groups in total. The Morgan fingerprint density at radius 1 is 1.19 bits per heavy atom. The maximum Gasteiger partial charge on any atom is 0.271 e. The number of aromatic amines is 1. The Hall–Kier alpha value is -2.48. The maximum atomic E-state index is 12.1. The fraction of sp³-hybridized carbons (Fsp3) is 0.556. The molecular formula is C18H25N7O. The summed E-state index contributed by atoms with van der Waals surface area (Å²) in [5, 5.41) is 10.1. The number of nitrogens with zero attached hydrogens (tertiary/aromatic N) is 5. The summed E-state index contributed by atoms with van der Waals surface area (Å²) in [4.78, 5) is 25.4. The number of amides is 1. The van der Waals surface area contributed by atoms with Gasteiger partial charge in [0.05, 0.1) is 0 Å². The predicted octanol–water partition coefficient (Wildman–Crippen LogP) is 1.02. The van der Waals surface area contributed by atoms with Gasteiger partial charge in [0.1, 0.15) is 5.69 Å². The molecule has 2 aromatic heterocycles. The first-order valence-electron chi connectivity index (χ1n) is 9.37. The summed E-state index contributed by atoms with van der Waals surface area (Å²) in [6, 6.07) is 3.72. The quantitative estimate of drug-likeness (QED) is 0.721. The van der Waals surface area contributed by atoms with Crippen molar-refractivity contribution in [1.29, 1.82) is 0 Å². The highest BCUT2D eigenvalue weighted by Gasteiger charge is 2.26. The van der Waals surface area contributed by atoms with E-state index in [2.05, 4.69) is 35.3 Å². The zero-order valence-corrected chi connectivity index (χ0v) is 14.9. The third-order valence-electron chi connectivity index (χ3n) is 4.99. The summed E-state index contributed by atoms with van der Waals surface area (Å²) in [5.41, 5.74) is 1.60. The predicted molar refractivity (Wildman–Crippen MR) is 98.2 cm³/mol. The van der Waals surface area contributed by atoms with Crippen LogP contribution >= 0.6 is 0 Å². The van der Waals surface area contributed by atoms with Crippen LogP contribution in [-0.2, 0) is 0 Å². The van der Waals surface area contributed by atoms with E-state index < -0.39 is 0 Å². The Morgan fingerprint density at radius 3 is 2.69 bits per heavy atom. The van der Waals surface area contributed by atoms with Gasteiger partial charge in [0.2, 0.25) is 5.95 Å². The van der Waals surface area contributed by atoms with Crippen LogP contribution in [-0.4, -0.2) is 70.2 Å². The van der Waals surface area contributed by atoms with Crippen LogP contribution in [0.5, 0.6) is 0 Å². The van der Waals surface area contributed by atoms with Crippen molar-refractivity contribution in [2.75, 3.05) is 44.2 Å². The molecule has 4 rings (SSSR count). The summed E-state index contributed by atoms with van der Waals surface area (Å²) in [7, 11) is 0. The van der Waals surface area contributed by atoms with Crippen molar-refractivity contribution in [3.63, 3.8) is 0 Å². The molecule has 1 amide bonds. The molecule has 2 fully saturated rings. The van der Waals surface area contributed by atoms with Gasteiger partial charge in [0, 0.05) is 56.7 Å². The fourth-order valence-electron chi connectivity index (χ4n) is 3.28. The van der Waals surface area contributed by atoms with Gasteiger partial charge in [-0.2, -0.15) is 5.10 Å². The lowest BCUT2D eigenvalue weighted by Gasteiger charge is -2.34. The maximum absolute atomic E-state index is 12.1. The SMILES string of the molecule is O=C(NCCCN1CCN(c2ncccn2)CC1)c1cc(C2CC2)[nH]n1. The summed E-state index contributed by atoms with van der Waals surface area (Å²) in [5.74, 6) is 1.31. The molecular weight excluding hydrogens is 330 g/mol. The van der Waals surface area contributed by atoms with Gasteiger partial charge in [-0.15, -0.1) is 0 Å². The van der Waals surface area contributed by atoms with Crippen molar-refractivity contribution in [3.05, 3.63) is 35.9 Å². The first-order chi connectivity index (χ1) is 12.8. The minimum absolute atomic E-state index is 0.0841. The molecule has 1 aliphatic heterocycles. The zero-order chi connectivity index (χ0) is 17.8. The van der Waals surface area contributed by atoms with E-state index >= 15 is 0 Å². The van der Waals surface area contributed by atoms with Crippen molar-refractivity contribution in [2.24, 2.45) is 0 Å². The second kappa shape index (κ2) is 7.82. The van der Waals surface area contributed by atoms with Crippen molar-refractivity contribution < 1.29 is 4.79 Å². The minimum Gasteiger partial charge on any atom is -0.351 e. The van der Waals surface area contributed by atoms with E-state index in [1.807, 2.05) is 12.1 Å². The molecule has 0 bridgehead atoms. The normalized spacial score (nSPS) is 18.1. The Labute approximate surface area is 153 Å². The molecule has 0 radical (unpaired) electrons. The standard InChI is InChI=1S/C18H25N7O/c26-17(16-13-15(22-23-16)14-3-4-14)19-7-2-8-24-9-11-25(12-10-24)18-20-5-1-6-21-18/h1,5-6,13-14H,2-4,7-12H2,(H,19,26)(H,22,23). The van der Waals surface area contributed by atoms with E-state index in [0.29, 0.717) is 18.2 Å². The molecule has 2 aliphatic rings. The zero-order valence-electron chi connectivity index (χ0n) is 14.9. The monoisotopic (exact) mass is 355 g/mol. The van der Waals surface area contributed by atoms with Gasteiger partial charge in [0.15, 0.2) is 0 Å². The number of nitrogens with one attached hydrogen (secondary N) is 2. The van der Waals surface area contributed by atoms with Gasteiger partial charge in [-0.3, -0.25) is 14.8 Å². The number of anilines is 1. The molecule has 138 valence electrons. The second-order valence-electron chi connectivity index (χ2n) is 6.97. The first kappa shape index (κ1) is 17.0. The highest BCUT2D eigenvalue weighted by Crippen LogP contribution is 2.38. The Bertz CT molecular complexity index is 720. The fourth-order valence-corrected chi connectivity index (χ4v) is 3.28.